The van der Waals surface area contributed by atoms with Gasteiger partial charge in [-0.2, -0.15) is 0 Å². The molecule has 0 bridgehead atoms. The average Bonchev–Trinajstić information content (AvgIpc) is 2.52. The second-order valence-electron chi connectivity index (χ2n) is 4.24. The Morgan fingerprint density at radius 1 is 1.25 bits per heavy atom. The minimum Gasteiger partial charge on any atom is -0.483 e. The average molecular weight is 271 g/mol. The Balaban J connectivity index is 1.80. The van der Waals surface area contributed by atoms with Gasteiger partial charge >= 0.3 is 0 Å². The number of aromatic nitrogens is 1. The third-order valence-electron chi connectivity index (χ3n) is 2.76. The van der Waals surface area contributed by atoms with Gasteiger partial charge in [0.15, 0.2) is 6.61 Å². The highest BCUT2D eigenvalue weighted by Crippen LogP contribution is 2.16. The molecule has 5 heteroatoms. The van der Waals surface area contributed by atoms with Crippen LogP contribution in [0.15, 0.2) is 48.8 Å². The van der Waals surface area contributed by atoms with Crippen molar-refractivity contribution in [1.29, 1.82) is 0 Å². The Morgan fingerprint density at radius 2 is 2.10 bits per heavy atom. The molecule has 20 heavy (non-hydrogen) atoms. The smallest absolute Gasteiger partial charge is 0.258 e. The van der Waals surface area contributed by atoms with Gasteiger partial charge < -0.3 is 15.8 Å². The summed E-state index contributed by atoms with van der Waals surface area (Å²) in [5.41, 5.74) is 7.43. The van der Waals surface area contributed by atoms with E-state index in [1.165, 1.54) is 0 Å². The van der Waals surface area contributed by atoms with E-state index in [1.807, 2.05) is 30.3 Å². The highest BCUT2D eigenvalue weighted by molar-refractivity contribution is 5.77. The van der Waals surface area contributed by atoms with E-state index in [-0.39, 0.29) is 12.5 Å². The first kappa shape index (κ1) is 14.0. The first-order valence-corrected chi connectivity index (χ1v) is 6.36. The summed E-state index contributed by atoms with van der Waals surface area (Å²) in [6.07, 6.45) is 3.41. The largest absolute Gasteiger partial charge is 0.483 e. The van der Waals surface area contributed by atoms with Crippen LogP contribution in [0.4, 0.5) is 0 Å². The van der Waals surface area contributed by atoms with Crippen LogP contribution in [0.1, 0.15) is 11.1 Å². The number of nitrogens with zero attached hydrogens (tertiary/aromatic N) is 1. The van der Waals surface area contributed by atoms with Crippen LogP contribution in [0.5, 0.6) is 5.75 Å². The highest BCUT2D eigenvalue weighted by Gasteiger charge is 2.05. The number of nitrogens with two attached hydrogens (primary N) is 1. The molecule has 2 aromatic rings. The van der Waals surface area contributed by atoms with Crippen molar-refractivity contribution in [3.8, 4) is 5.75 Å². The Hall–Kier alpha value is -2.40. The molecule has 3 N–H and O–H groups in total. The van der Waals surface area contributed by atoms with Crippen LogP contribution in [-0.4, -0.2) is 17.5 Å². The Kier molecular flexibility index (Phi) is 5.08. The number of pyridine rings is 1. The molecule has 1 aromatic carbocycles. The van der Waals surface area contributed by atoms with Crippen LogP contribution >= 0.6 is 0 Å². The van der Waals surface area contributed by atoms with Gasteiger partial charge in [0, 0.05) is 31.0 Å². The number of hydrogen-bond donors (Lipinski definition) is 2. The quantitative estimate of drug-likeness (QED) is 0.828. The van der Waals surface area contributed by atoms with Crippen molar-refractivity contribution in [2.24, 2.45) is 5.73 Å². The van der Waals surface area contributed by atoms with E-state index in [0.29, 0.717) is 18.8 Å². The monoisotopic (exact) mass is 271 g/mol. The lowest BCUT2D eigenvalue weighted by Gasteiger charge is -2.10. The molecular formula is C15H17N3O2. The summed E-state index contributed by atoms with van der Waals surface area (Å²) in [6.45, 7) is 0.791. The molecule has 0 fully saturated rings. The van der Waals surface area contributed by atoms with E-state index in [9.17, 15) is 4.79 Å². The fraction of sp³-hybridized carbons (Fsp3) is 0.200. The van der Waals surface area contributed by atoms with Crippen LogP contribution in [0.2, 0.25) is 0 Å². The Morgan fingerprint density at radius 3 is 2.85 bits per heavy atom. The molecule has 0 spiro atoms. The molecule has 0 aliphatic heterocycles. The van der Waals surface area contributed by atoms with Gasteiger partial charge in [0.2, 0.25) is 0 Å². The van der Waals surface area contributed by atoms with Crippen LogP contribution in [0, 0.1) is 0 Å². The van der Waals surface area contributed by atoms with Crippen molar-refractivity contribution in [3.63, 3.8) is 0 Å². The van der Waals surface area contributed by atoms with Gasteiger partial charge in [-0.1, -0.05) is 24.3 Å². The van der Waals surface area contributed by atoms with Crippen molar-refractivity contribution >= 4 is 5.91 Å². The number of amides is 1. The summed E-state index contributed by atoms with van der Waals surface area (Å²) in [5, 5.41) is 2.77. The van der Waals surface area contributed by atoms with Gasteiger partial charge in [0.25, 0.3) is 5.91 Å². The van der Waals surface area contributed by atoms with E-state index >= 15 is 0 Å². The number of nitrogens with one attached hydrogen (secondary N) is 1. The number of ether oxygens (including phenoxy) is 1. The summed E-state index contributed by atoms with van der Waals surface area (Å²) in [7, 11) is 0. The first-order chi connectivity index (χ1) is 9.79. The van der Waals surface area contributed by atoms with Crippen molar-refractivity contribution in [3.05, 3.63) is 59.9 Å². The van der Waals surface area contributed by atoms with E-state index in [1.54, 1.807) is 18.5 Å². The van der Waals surface area contributed by atoms with Gasteiger partial charge in [-0.3, -0.25) is 9.78 Å². The molecule has 1 amide bonds. The fourth-order valence-corrected chi connectivity index (χ4v) is 1.71. The highest BCUT2D eigenvalue weighted by atomic mass is 16.5. The van der Waals surface area contributed by atoms with Crippen molar-refractivity contribution < 1.29 is 9.53 Å². The summed E-state index contributed by atoms with van der Waals surface area (Å²) in [6, 6.07) is 11.1. The summed E-state index contributed by atoms with van der Waals surface area (Å²) in [5.74, 6) is 0.465. The summed E-state index contributed by atoms with van der Waals surface area (Å²) in [4.78, 5) is 15.7. The maximum Gasteiger partial charge on any atom is 0.258 e. The molecule has 0 atom stereocenters. The number of rotatable bonds is 6. The molecule has 0 saturated heterocycles. The minimum absolute atomic E-state index is 0.0305. The molecule has 0 unspecified atom stereocenters. The fourth-order valence-electron chi connectivity index (χ4n) is 1.71. The Bertz CT molecular complexity index is 558. The lowest BCUT2D eigenvalue weighted by molar-refractivity contribution is -0.123. The zero-order valence-corrected chi connectivity index (χ0v) is 11.1. The van der Waals surface area contributed by atoms with E-state index in [4.69, 9.17) is 10.5 Å². The topological polar surface area (TPSA) is 77.2 Å². The SMILES string of the molecule is NCc1ccccc1OCC(=O)NCc1cccnc1. The van der Waals surface area contributed by atoms with E-state index < -0.39 is 0 Å². The second-order valence-corrected chi connectivity index (χ2v) is 4.24. The third-order valence-corrected chi connectivity index (χ3v) is 2.76. The van der Waals surface area contributed by atoms with Crippen LogP contribution in [-0.2, 0) is 17.9 Å². The molecule has 5 nitrogen and oxygen atoms in total. The number of carbonyl (C=O) groups is 1. The van der Waals surface area contributed by atoms with Gasteiger partial charge in [0.1, 0.15) is 5.75 Å². The Labute approximate surface area is 117 Å². The lowest BCUT2D eigenvalue weighted by Crippen LogP contribution is -2.28. The van der Waals surface area contributed by atoms with Gasteiger partial charge in [-0.05, 0) is 17.7 Å². The molecule has 1 heterocycles. The molecule has 0 radical (unpaired) electrons. The number of carbonyl (C=O) groups excluding carboxylic acids is 1. The molecule has 0 aliphatic carbocycles. The van der Waals surface area contributed by atoms with Gasteiger partial charge in [-0.15, -0.1) is 0 Å². The van der Waals surface area contributed by atoms with E-state index in [2.05, 4.69) is 10.3 Å². The van der Waals surface area contributed by atoms with Crippen molar-refractivity contribution in [1.82, 2.24) is 10.3 Å². The van der Waals surface area contributed by atoms with Crippen molar-refractivity contribution in [2.75, 3.05) is 6.61 Å². The van der Waals surface area contributed by atoms with Crippen LogP contribution in [0.3, 0.4) is 0 Å². The normalized spacial score (nSPS) is 10.1. The van der Waals surface area contributed by atoms with Gasteiger partial charge in [-0.25, -0.2) is 0 Å². The molecule has 0 saturated carbocycles. The first-order valence-electron chi connectivity index (χ1n) is 6.36. The molecule has 2 rings (SSSR count). The second kappa shape index (κ2) is 7.25. The standard InChI is InChI=1S/C15H17N3O2/c16-8-13-5-1-2-6-14(13)20-11-15(19)18-10-12-4-3-7-17-9-12/h1-7,9H,8,10-11,16H2,(H,18,19). The third kappa shape index (κ3) is 4.07. The lowest BCUT2D eigenvalue weighted by atomic mass is 10.2. The van der Waals surface area contributed by atoms with E-state index in [0.717, 1.165) is 11.1 Å². The predicted octanol–water partition coefficient (Wildman–Crippen LogP) is 1.24. The predicted molar refractivity (Wildman–Crippen MR) is 75.9 cm³/mol. The summed E-state index contributed by atoms with van der Waals surface area (Å²) >= 11 is 0. The number of para-hydroxylation sites is 1. The zero-order chi connectivity index (χ0) is 14.2. The van der Waals surface area contributed by atoms with Crippen molar-refractivity contribution in [2.45, 2.75) is 13.1 Å². The molecular weight excluding hydrogens is 254 g/mol. The molecule has 104 valence electrons. The zero-order valence-electron chi connectivity index (χ0n) is 11.1. The maximum atomic E-state index is 11.7. The maximum absolute atomic E-state index is 11.7. The van der Waals surface area contributed by atoms with Gasteiger partial charge in [0.05, 0.1) is 0 Å². The number of benzene rings is 1. The molecule has 0 aliphatic rings. The van der Waals surface area contributed by atoms with Crippen LogP contribution < -0.4 is 15.8 Å². The minimum atomic E-state index is -0.180. The summed E-state index contributed by atoms with van der Waals surface area (Å²) < 4.78 is 5.47. The molecule has 1 aromatic heterocycles. The van der Waals surface area contributed by atoms with Crippen LogP contribution in [0.25, 0.3) is 0 Å². The number of hydrogen-bond acceptors (Lipinski definition) is 4.